The minimum Gasteiger partial charge on any atom is -0.384 e. The van der Waals surface area contributed by atoms with Crippen LogP contribution in [0.2, 0.25) is 0 Å². The molecule has 2 fully saturated rings. The third kappa shape index (κ3) is 3.26. The van der Waals surface area contributed by atoms with Crippen LogP contribution in [0.25, 0.3) is 0 Å². The van der Waals surface area contributed by atoms with Crippen LogP contribution in [0.5, 0.6) is 0 Å². The molecule has 20 heavy (non-hydrogen) atoms. The number of rotatable bonds is 3. The lowest BCUT2D eigenvalue weighted by atomic mass is 9.83. The van der Waals surface area contributed by atoms with Crippen LogP contribution in [0.3, 0.4) is 0 Å². The summed E-state index contributed by atoms with van der Waals surface area (Å²) in [6, 6.07) is 1.80. The molecule has 110 valence electrons. The highest BCUT2D eigenvalue weighted by molar-refractivity contribution is 7.99. The van der Waals surface area contributed by atoms with Crippen LogP contribution in [-0.4, -0.2) is 27.4 Å². The van der Waals surface area contributed by atoms with Gasteiger partial charge in [0.25, 0.3) is 0 Å². The van der Waals surface area contributed by atoms with E-state index >= 15 is 0 Å². The van der Waals surface area contributed by atoms with Crippen molar-refractivity contribution in [2.45, 2.75) is 68.7 Å². The molecule has 1 spiro atoms. The zero-order valence-corrected chi connectivity index (χ0v) is 12.9. The molecule has 1 saturated heterocycles. The van der Waals surface area contributed by atoms with E-state index in [1.807, 2.05) is 6.92 Å². The van der Waals surface area contributed by atoms with Crippen LogP contribution < -0.4 is 5.73 Å². The topological polar surface area (TPSA) is 61.0 Å². The van der Waals surface area contributed by atoms with Gasteiger partial charge >= 0.3 is 0 Å². The third-order valence-electron chi connectivity index (χ3n) is 4.36. The number of nitrogens with zero attached hydrogens (tertiary/aromatic N) is 2. The Morgan fingerprint density at radius 1 is 1.30 bits per heavy atom. The zero-order valence-electron chi connectivity index (χ0n) is 12.1. The number of nitrogen functional groups attached to an aromatic ring is 1. The Hall–Kier alpha value is -0.810. The van der Waals surface area contributed by atoms with E-state index in [0.717, 1.165) is 16.6 Å². The summed E-state index contributed by atoms with van der Waals surface area (Å²) in [5.74, 6) is 1.49. The van der Waals surface area contributed by atoms with Gasteiger partial charge in [0.1, 0.15) is 5.82 Å². The van der Waals surface area contributed by atoms with Gasteiger partial charge < -0.3 is 10.5 Å². The fraction of sp³-hybridized carbons (Fsp3) is 0.733. The smallest absolute Gasteiger partial charge is 0.189 e. The van der Waals surface area contributed by atoms with Crippen molar-refractivity contribution in [3.63, 3.8) is 0 Å². The molecule has 2 N–H and O–H groups in total. The van der Waals surface area contributed by atoms with Crippen LogP contribution >= 0.6 is 11.8 Å². The molecule has 0 amide bonds. The summed E-state index contributed by atoms with van der Waals surface area (Å²) >= 11 is 1.67. The highest BCUT2D eigenvalue weighted by Gasteiger charge is 2.40. The summed E-state index contributed by atoms with van der Waals surface area (Å²) in [6.07, 6.45) is 9.30. The van der Waals surface area contributed by atoms with Crippen molar-refractivity contribution in [1.29, 1.82) is 0 Å². The molecule has 1 aliphatic heterocycles. The van der Waals surface area contributed by atoms with E-state index in [2.05, 4.69) is 9.97 Å². The summed E-state index contributed by atoms with van der Waals surface area (Å²) in [4.78, 5) is 8.69. The van der Waals surface area contributed by atoms with E-state index in [0.29, 0.717) is 11.9 Å². The number of aromatic nitrogens is 2. The van der Waals surface area contributed by atoms with E-state index < -0.39 is 0 Å². The summed E-state index contributed by atoms with van der Waals surface area (Å²) in [7, 11) is 0. The minimum atomic E-state index is 0.204. The first-order chi connectivity index (χ1) is 9.65. The average Bonchev–Trinajstić information content (AvgIpc) is 2.79. The lowest BCUT2D eigenvalue weighted by Crippen LogP contribution is -2.32. The number of thioether (sulfide) groups is 1. The first kappa shape index (κ1) is 14.1. The molecular weight excluding hydrogens is 270 g/mol. The highest BCUT2D eigenvalue weighted by Crippen LogP contribution is 2.42. The fourth-order valence-corrected chi connectivity index (χ4v) is 4.32. The van der Waals surface area contributed by atoms with Gasteiger partial charge in [-0.2, -0.15) is 0 Å². The van der Waals surface area contributed by atoms with Crippen LogP contribution in [0.15, 0.2) is 11.2 Å². The largest absolute Gasteiger partial charge is 0.384 e. The van der Waals surface area contributed by atoms with E-state index in [4.69, 9.17) is 10.5 Å². The van der Waals surface area contributed by atoms with Gasteiger partial charge in [0.2, 0.25) is 0 Å². The molecule has 2 aliphatic rings. The molecule has 1 saturated carbocycles. The summed E-state index contributed by atoms with van der Waals surface area (Å²) in [5, 5.41) is 0.774. The van der Waals surface area contributed by atoms with Gasteiger partial charge in [0.05, 0.1) is 11.7 Å². The Kier molecular flexibility index (Phi) is 4.17. The van der Waals surface area contributed by atoms with E-state index in [-0.39, 0.29) is 5.60 Å². The van der Waals surface area contributed by atoms with Gasteiger partial charge in [0, 0.05) is 17.5 Å². The van der Waals surface area contributed by atoms with Crippen LogP contribution in [0, 0.1) is 6.92 Å². The van der Waals surface area contributed by atoms with Gasteiger partial charge in [-0.15, -0.1) is 0 Å². The van der Waals surface area contributed by atoms with E-state index in [9.17, 15) is 0 Å². The number of nitrogens with two attached hydrogens (primary N) is 1. The second-order valence-electron chi connectivity index (χ2n) is 6.05. The molecule has 1 atom stereocenters. The molecule has 1 aromatic heterocycles. The maximum absolute atomic E-state index is 6.36. The molecule has 0 bridgehead atoms. The predicted octanol–water partition coefficient (Wildman–Crippen LogP) is 3.34. The standard InChI is InChI=1S/C15H23N3OS/c1-11-9-13(16)18-14(17-11)20-10-12-5-8-15(19-12)6-3-2-4-7-15/h9,12H,2-8,10H2,1H3,(H2,16,17,18). The molecule has 5 heteroatoms. The van der Waals surface area contributed by atoms with E-state index in [1.54, 1.807) is 17.8 Å². The third-order valence-corrected chi connectivity index (χ3v) is 5.33. The second kappa shape index (κ2) is 5.90. The monoisotopic (exact) mass is 293 g/mol. The molecule has 1 aliphatic carbocycles. The second-order valence-corrected chi connectivity index (χ2v) is 7.04. The average molecular weight is 293 g/mol. The number of hydrogen-bond donors (Lipinski definition) is 1. The van der Waals surface area contributed by atoms with Crippen molar-refractivity contribution in [3.05, 3.63) is 11.8 Å². The molecular formula is C15H23N3OS. The zero-order chi connectivity index (χ0) is 14.0. The Morgan fingerprint density at radius 3 is 2.85 bits per heavy atom. The van der Waals surface area contributed by atoms with Crippen molar-refractivity contribution in [2.75, 3.05) is 11.5 Å². The predicted molar refractivity (Wildman–Crippen MR) is 81.8 cm³/mol. The first-order valence-electron chi connectivity index (χ1n) is 7.57. The molecule has 0 radical (unpaired) electrons. The SMILES string of the molecule is Cc1cc(N)nc(SCC2CCC3(CCCCC3)O2)n1. The quantitative estimate of drug-likeness (QED) is 0.684. The number of aryl methyl sites for hydroxylation is 1. The normalized spacial score (nSPS) is 25.1. The van der Waals surface area contributed by atoms with Crippen molar-refractivity contribution in [2.24, 2.45) is 0 Å². The van der Waals surface area contributed by atoms with Crippen LogP contribution in [0.1, 0.15) is 50.6 Å². The van der Waals surface area contributed by atoms with Gasteiger partial charge in [-0.05, 0) is 32.6 Å². The maximum atomic E-state index is 6.36. The molecule has 4 nitrogen and oxygen atoms in total. The fourth-order valence-electron chi connectivity index (χ4n) is 3.37. The van der Waals surface area contributed by atoms with E-state index in [1.165, 1.54) is 44.9 Å². The van der Waals surface area contributed by atoms with Crippen LogP contribution in [-0.2, 0) is 4.74 Å². The number of hydrogen-bond acceptors (Lipinski definition) is 5. The van der Waals surface area contributed by atoms with Crippen LogP contribution in [0.4, 0.5) is 5.82 Å². The Labute approximate surface area is 124 Å². The molecule has 2 heterocycles. The Bertz CT molecular complexity index is 454. The highest BCUT2D eigenvalue weighted by atomic mass is 32.2. The minimum absolute atomic E-state index is 0.204. The van der Waals surface area contributed by atoms with Gasteiger partial charge in [-0.25, -0.2) is 9.97 Å². The van der Waals surface area contributed by atoms with Gasteiger partial charge in [-0.1, -0.05) is 31.0 Å². The lowest BCUT2D eigenvalue weighted by molar-refractivity contribution is -0.0555. The van der Waals surface area contributed by atoms with Gasteiger partial charge in [0.15, 0.2) is 5.16 Å². The van der Waals surface area contributed by atoms with Gasteiger partial charge in [-0.3, -0.25) is 0 Å². The van der Waals surface area contributed by atoms with Crippen molar-refractivity contribution >= 4 is 17.6 Å². The summed E-state index contributed by atoms with van der Waals surface area (Å²) in [5.41, 5.74) is 6.89. The molecule has 1 unspecified atom stereocenters. The van der Waals surface area contributed by atoms with Crippen molar-refractivity contribution in [3.8, 4) is 0 Å². The Morgan fingerprint density at radius 2 is 2.10 bits per heavy atom. The summed E-state index contributed by atoms with van der Waals surface area (Å²) < 4.78 is 6.36. The lowest BCUT2D eigenvalue weighted by Gasteiger charge is -2.33. The molecule has 0 aromatic carbocycles. The van der Waals surface area contributed by atoms with Crippen molar-refractivity contribution < 1.29 is 4.74 Å². The first-order valence-corrected chi connectivity index (χ1v) is 8.56. The number of ether oxygens (including phenoxy) is 1. The maximum Gasteiger partial charge on any atom is 0.189 e. The Balaban J connectivity index is 1.54. The molecule has 1 aromatic rings. The van der Waals surface area contributed by atoms with Crippen molar-refractivity contribution in [1.82, 2.24) is 9.97 Å². The number of anilines is 1. The molecule has 3 rings (SSSR count). The summed E-state index contributed by atoms with van der Waals surface area (Å²) in [6.45, 7) is 1.95.